The Morgan fingerprint density at radius 2 is 1.76 bits per heavy atom. The summed E-state index contributed by atoms with van der Waals surface area (Å²) in [7, 11) is 0. The standard InChI is InChI=1S/C20H22N4.HI/c1-2-21-20(23-14-16-8-4-3-5-9-16)24-15-18-11-6-10-17-12-7-13-22-19(17)18;/h3-13H,2,14-15H2,1H3,(H2,21,23,24);1H. The third-order valence-electron chi connectivity index (χ3n) is 3.77. The number of pyridine rings is 1. The molecular weight excluding hydrogens is 423 g/mol. The van der Waals surface area contributed by atoms with Crippen LogP contribution in [0, 0.1) is 0 Å². The van der Waals surface area contributed by atoms with Crippen molar-refractivity contribution in [3.8, 4) is 0 Å². The van der Waals surface area contributed by atoms with Crippen LogP contribution in [0.15, 0.2) is 71.9 Å². The average Bonchev–Trinajstić information content (AvgIpc) is 2.65. The van der Waals surface area contributed by atoms with E-state index in [1.54, 1.807) is 0 Å². The SMILES string of the molecule is CCNC(=NCc1ccccc1)NCc1cccc2cccnc12.I. The van der Waals surface area contributed by atoms with Gasteiger partial charge in [0.1, 0.15) is 0 Å². The molecule has 5 heteroatoms. The van der Waals surface area contributed by atoms with Gasteiger partial charge in [-0.1, -0.05) is 54.6 Å². The Balaban J connectivity index is 0.00000225. The van der Waals surface area contributed by atoms with Crippen LogP contribution in [0.25, 0.3) is 10.9 Å². The summed E-state index contributed by atoms with van der Waals surface area (Å²) in [5.41, 5.74) is 3.39. The van der Waals surface area contributed by atoms with E-state index in [1.807, 2.05) is 30.5 Å². The first-order valence-electron chi connectivity index (χ1n) is 8.25. The van der Waals surface area contributed by atoms with Crippen LogP contribution in [0.1, 0.15) is 18.1 Å². The molecule has 130 valence electrons. The normalized spacial score (nSPS) is 11.0. The van der Waals surface area contributed by atoms with Crippen LogP contribution in [0.5, 0.6) is 0 Å². The van der Waals surface area contributed by atoms with Crippen LogP contribution < -0.4 is 10.6 Å². The number of nitrogens with zero attached hydrogens (tertiary/aromatic N) is 2. The van der Waals surface area contributed by atoms with Crippen molar-refractivity contribution < 1.29 is 0 Å². The van der Waals surface area contributed by atoms with Gasteiger partial charge in [0, 0.05) is 24.7 Å². The van der Waals surface area contributed by atoms with E-state index in [0.717, 1.165) is 23.4 Å². The first-order chi connectivity index (χ1) is 11.9. The molecule has 0 bridgehead atoms. The number of benzene rings is 2. The Morgan fingerprint density at radius 1 is 0.960 bits per heavy atom. The largest absolute Gasteiger partial charge is 0.357 e. The maximum Gasteiger partial charge on any atom is 0.191 e. The smallest absolute Gasteiger partial charge is 0.191 e. The van der Waals surface area contributed by atoms with E-state index in [-0.39, 0.29) is 24.0 Å². The number of guanidine groups is 1. The Hall–Kier alpha value is -2.15. The molecule has 1 aromatic heterocycles. The summed E-state index contributed by atoms with van der Waals surface area (Å²) in [5.74, 6) is 0.814. The van der Waals surface area contributed by atoms with Gasteiger partial charge < -0.3 is 10.6 Å². The first-order valence-corrected chi connectivity index (χ1v) is 8.25. The van der Waals surface area contributed by atoms with E-state index < -0.39 is 0 Å². The number of halogens is 1. The summed E-state index contributed by atoms with van der Waals surface area (Å²) < 4.78 is 0. The van der Waals surface area contributed by atoms with Gasteiger partial charge in [0.2, 0.25) is 0 Å². The number of aliphatic imine (C=N–C) groups is 1. The summed E-state index contributed by atoms with van der Waals surface area (Å²) in [5, 5.41) is 7.84. The zero-order chi connectivity index (χ0) is 16.6. The molecule has 0 saturated carbocycles. The van der Waals surface area contributed by atoms with E-state index in [4.69, 9.17) is 0 Å². The highest BCUT2D eigenvalue weighted by Gasteiger charge is 2.03. The molecule has 25 heavy (non-hydrogen) atoms. The predicted octanol–water partition coefficient (Wildman–Crippen LogP) is 4.11. The highest BCUT2D eigenvalue weighted by molar-refractivity contribution is 14.0. The van der Waals surface area contributed by atoms with Crippen molar-refractivity contribution in [2.75, 3.05) is 6.54 Å². The van der Waals surface area contributed by atoms with E-state index in [9.17, 15) is 0 Å². The van der Waals surface area contributed by atoms with Gasteiger partial charge in [0.15, 0.2) is 5.96 Å². The molecule has 0 fully saturated rings. The van der Waals surface area contributed by atoms with Crippen molar-refractivity contribution in [1.82, 2.24) is 15.6 Å². The third-order valence-corrected chi connectivity index (χ3v) is 3.77. The molecule has 0 saturated heterocycles. The summed E-state index contributed by atoms with van der Waals surface area (Å²) in [4.78, 5) is 9.15. The number of hydrogen-bond acceptors (Lipinski definition) is 2. The fraction of sp³-hybridized carbons (Fsp3) is 0.200. The fourth-order valence-corrected chi connectivity index (χ4v) is 2.58. The lowest BCUT2D eigenvalue weighted by molar-refractivity contribution is 0.818. The number of aromatic nitrogens is 1. The number of para-hydroxylation sites is 1. The topological polar surface area (TPSA) is 49.3 Å². The summed E-state index contributed by atoms with van der Waals surface area (Å²) >= 11 is 0. The summed E-state index contributed by atoms with van der Waals surface area (Å²) in [6, 6.07) is 20.6. The highest BCUT2D eigenvalue weighted by atomic mass is 127. The number of rotatable bonds is 5. The van der Waals surface area contributed by atoms with Crippen LogP contribution in [-0.2, 0) is 13.1 Å². The zero-order valence-corrected chi connectivity index (χ0v) is 16.6. The van der Waals surface area contributed by atoms with Gasteiger partial charge >= 0.3 is 0 Å². The number of nitrogens with one attached hydrogen (secondary N) is 2. The minimum atomic E-state index is 0. The van der Waals surface area contributed by atoms with Crippen molar-refractivity contribution in [2.45, 2.75) is 20.0 Å². The molecule has 4 nitrogen and oxygen atoms in total. The van der Waals surface area contributed by atoms with Gasteiger partial charge in [-0.2, -0.15) is 0 Å². The van der Waals surface area contributed by atoms with Gasteiger partial charge in [-0.05, 0) is 24.1 Å². The zero-order valence-electron chi connectivity index (χ0n) is 14.3. The van der Waals surface area contributed by atoms with Gasteiger partial charge in [-0.15, -0.1) is 24.0 Å². The number of fused-ring (bicyclic) bond motifs is 1. The molecular formula is C20H23IN4. The number of hydrogen-bond donors (Lipinski definition) is 2. The quantitative estimate of drug-likeness (QED) is 0.353. The van der Waals surface area contributed by atoms with Crippen LogP contribution in [0.3, 0.4) is 0 Å². The average molecular weight is 446 g/mol. The van der Waals surface area contributed by atoms with Crippen molar-refractivity contribution in [2.24, 2.45) is 4.99 Å². The molecule has 1 heterocycles. The lowest BCUT2D eigenvalue weighted by Crippen LogP contribution is -2.36. The van der Waals surface area contributed by atoms with Gasteiger partial charge in [0.25, 0.3) is 0 Å². The lowest BCUT2D eigenvalue weighted by Gasteiger charge is -2.12. The molecule has 0 amide bonds. The Morgan fingerprint density at radius 3 is 2.56 bits per heavy atom. The molecule has 0 atom stereocenters. The van der Waals surface area contributed by atoms with Crippen molar-refractivity contribution >= 4 is 40.8 Å². The van der Waals surface area contributed by atoms with Gasteiger partial charge in [-0.3, -0.25) is 4.98 Å². The Bertz CT molecular complexity index is 813. The lowest BCUT2D eigenvalue weighted by atomic mass is 10.1. The second kappa shape index (κ2) is 9.98. The molecule has 0 aliphatic rings. The van der Waals surface area contributed by atoms with Crippen LogP contribution in [0.2, 0.25) is 0 Å². The summed E-state index contributed by atoms with van der Waals surface area (Å²) in [6.45, 7) is 4.24. The van der Waals surface area contributed by atoms with Crippen LogP contribution >= 0.6 is 24.0 Å². The Kier molecular flexibility index (Phi) is 7.66. The second-order valence-corrected chi connectivity index (χ2v) is 5.53. The minimum Gasteiger partial charge on any atom is -0.357 e. The highest BCUT2D eigenvalue weighted by Crippen LogP contribution is 2.15. The van der Waals surface area contributed by atoms with E-state index in [1.165, 1.54) is 11.1 Å². The maximum atomic E-state index is 4.65. The van der Waals surface area contributed by atoms with E-state index >= 15 is 0 Å². The molecule has 2 aromatic carbocycles. The molecule has 0 aliphatic carbocycles. The second-order valence-electron chi connectivity index (χ2n) is 5.53. The molecule has 3 rings (SSSR count). The van der Waals surface area contributed by atoms with Crippen molar-refractivity contribution in [3.63, 3.8) is 0 Å². The molecule has 0 unspecified atom stereocenters. The maximum absolute atomic E-state index is 4.65. The molecule has 0 spiro atoms. The van der Waals surface area contributed by atoms with Crippen molar-refractivity contribution in [3.05, 3.63) is 78.0 Å². The van der Waals surface area contributed by atoms with Crippen LogP contribution in [-0.4, -0.2) is 17.5 Å². The minimum absolute atomic E-state index is 0. The Labute approximate surface area is 165 Å². The molecule has 0 aliphatic heterocycles. The monoisotopic (exact) mass is 446 g/mol. The van der Waals surface area contributed by atoms with E-state index in [2.05, 4.69) is 63.9 Å². The predicted molar refractivity (Wildman–Crippen MR) is 115 cm³/mol. The van der Waals surface area contributed by atoms with E-state index in [0.29, 0.717) is 13.1 Å². The molecule has 0 radical (unpaired) electrons. The summed E-state index contributed by atoms with van der Waals surface area (Å²) in [6.07, 6.45) is 1.83. The first kappa shape index (κ1) is 19.2. The molecule has 2 N–H and O–H groups in total. The van der Waals surface area contributed by atoms with Crippen molar-refractivity contribution in [1.29, 1.82) is 0 Å². The molecule has 3 aromatic rings. The van der Waals surface area contributed by atoms with Gasteiger partial charge in [-0.25, -0.2) is 4.99 Å². The van der Waals surface area contributed by atoms with Crippen LogP contribution in [0.4, 0.5) is 0 Å². The fourth-order valence-electron chi connectivity index (χ4n) is 2.58. The van der Waals surface area contributed by atoms with Gasteiger partial charge in [0.05, 0.1) is 12.1 Å². The third kappa shape index (κ3) is 5.42.